The number of anilines is 3. The van der Waals surface area contributed by atoms with E-state index in [9.17, 15) is 19.5 Å². The average molecular weight is 549 g/mol. The molecule has 9 heteroatoms. The van der Waals surface area contributed by atoms with Gasteiger partial charge in [-0.25, -0.2) is 0 Å². The summed E-state index contributed by atoms with van der Waals surface area (Å²) in [5, 5.41) is 16.2. The van der Waals surface area contributed by atoms with Gasteiger partial charge in [0.25, 0.3) is 0 Å². The summed E-state index contributed by atoms with van der Waals surface area (Å²) in [6.45, 7) is 9.40. The molecule has 3 saturated heterocycles. The third kappa shape index (κ3) is 4.45. The van der Waals surface area contributed by atoms with Crippen LogP contribution < -0.4 is 15.5 Å². The van der Waals surface area contributed by atoms with Gasteiger partial charge in [-0.2, -0.15) is 0 Å². The Hall–Kier alpha value is -3.43. The van der Waals surface area contributed by atoms with Crippen LogP contribution in [0.1, 0.15) is 47.0 Å². The van der Waals surface area contributed by atoms with Gasteiger partial charge in [0.2, 0.25) is 17.7 Å². The summed E-state index contributed by atoms with van der Waals surface area (Å²) in [5.74, 6) is -2.56. The number of benzene rings is 2. The largest absolute Gasteiger partial charge is 0.394 e. The van der Waals surface area contributed by atoms with Crippen molar-refractivity contribution in [1.82, 2.24) is 4.90 Å². The lowest BCUT2D eigenvalue weighted by molar-refractivity contribution is -0.146. The van der Waals surface area contributed by atoms with Crippen molar-refractivity contribution < 1.29 is 24.2 Å². The van der Waals surface area contributed by atoms with Gasteiger partial charge in [-0.05, 0) is 76.4 Å². The number of aliphatic hydroxyl groups excluding tert-OH is 1. The van der Waals surface area contributed by atoms with E-state index in [4.69, 9.17) is 4.74 Å². The molecular weight excluding hydrogens is 508 g/mol. The first kappa shape index (κ1) is 28.1. The lowest BCUT2D eigenvalue weighted by atomic mass is 9.66. The van der Waals surface area contributed by atoms with Crippen molar-refractivity contribution in [3.05, 3.63) is 54.6 Å². The average Bonchev–Trinajstić information content (AvgIpc) is 3.52. The molecule has 0 aliphatic carbocycles. The predicted octanol–water partition coefficient (Wildman–Crippen LogP) is 3.65. The minimum absolute atomic E-state index is 0.286. The quantitative estimate of drug-likeness (QED) is 0.418. The second-order valence-corrected chi connectivity index (χ2v) is 11.3. The Morgan fingerprint density at radius 1 is 1.00 bits per heavy atom. The number of aliphatic hydroxyl groups is 1. The van der Waals surface area contributed by atoms with E-state index in [1.807, 2.05) is 56.3 Å². The highest BCUT2D eigenvalue weighted by Crippen LogP contribution is 2.63. The van der Waals surface area contributed by atoms with Gasteiger partial charge in [0.1, 0.15) is 11.6 Å². The van der Waals surface area contributed by atoms with E-state index in [0.29, 0.717) is 30.6 Å². The molecule has 3 fully saturated rings. The van der Waals surface area contributed by atoms with Crippen LogP contribution in [0.4, 0.5) is 17.1 Å². The van der Waals surface area contributed by atoms with Crippen molar-refractivity contribution >= 4 is 34.8 Å². The van der Waals surface area contributed by atoms with Gasteiger partial charge in [0.15, 0.2) is 0 Å². The van der Waals surface area contributed by atoms with Gasteiger partial charge in [-0.15, -0.1) is 0 Å². The first-order valence-electron chi connectivity index (χ1n) is 14.4. The molecule has 3 N–H and O–H groups in total. The van der Waals surface area contributed by atoms with Crippen LogP contribution in [-0.4, -0.2) is 70.7 Å². The first-order chi connectivity index (χ1) is 19.2. The number of rotatable bonds is 10. The summed E-state index contributed by atoms with van der Waals surface area (Å²) in [5.41, 5.74) is 0.277. The van der Waals surface area contributed by atoms with Gasteiger partial charge in [0, 0.05) is 30.2 Å². The van der Waals surface area contributed by atoms with Crippen molar-refractivity contribution in [2.45, 2.75) is 70.2 Å². The Bertz CT molecular complexity index is 1250. The summed E-state index contributed by atoms with van der Waals surface area (Å²) in [4.78, 5) is 45.6. The highest BCUT2D eigenvalue weighted by atomic mass is 16.5. The number of hydrogen-bond acceptors (Lipinski definition) is 6. The normalized spacial score (nSPS) is 29.3. The molecule has 5 rings (SSSR count). The van der Waals surface area contributed by atoms with E-state index in [1.165, 1.54) is 4.90 Å². The zero-order chi connectivity index (χ0) is 28.7. The van der Waals surface area contributed by atoms with Crippen LogP contribution >= 0.6 is 0 Å². The zero-order valence-electron chi connectivity index (χ0n) is 23.7. The summed E-state index contributed by atoms with van der Waals surface area (Å²) in [6, 6.07) is 15.2. The fraction of sp³-hybridized carbons (Fsp3) is 0.516. The second kappa shape index (κ2) is 10.9. The van der Waals surface area contributed by atoms with Crippen LogP contribution in [0.25, 0.3) is 0 Å². The van der Waals surface area contributed by atoms with Crippen LogP contribution in [-0.2, 0) is 19.1 Å². The third-order valence-electron chi connectivity index (χ3n) is 9.13. The van der Waals surface area contributed by atoms with E-state index < -0.39 is 35.1 Å². The van der Waals surface area contributed by atoms with Gasteiger partial charge < -0.3 is 30.3 Å². The Balaban J connectivity index is 1.48. The predicted molar refractivity (Wildman–Crippen MR) is 154 cm³/mol. The molecule has 214 valence electrons. The number of nitrogens with zero attached hydrogens (tertiary/aromatic N) is 2. The van der Waals surface area contributed by atoms with Crippen LogP contribution in [0.3, 0.4) is 0 Å². The molecule has 2 bridgehead atoms. The van der Waals surface area contributed by atoms with Crippen LogP contribution in [0.15, 0.2) is 54.6 Å². The Morgan fingerprint density at radius 3 is 2.23 bits per heavy atom. The van der Waals surface area contributed by atoms with Crippen molar-refractivity contribution in [3.8, 4) is 0 Å². The van der Waals surface area contributed by atoms with Gasteiger partial charge in [0.05, 0.1) is 30.1 Å². The smallest absolute Gasteiger partial charge is 0.250 e. The maximum absolute atomic E-state index is 14.2. The minimum Gasteiger partial charge on any atom is -0.394 e. The van der Waals surface area contributed by atoms with E-state index >= 15 is 0 Å². The molecule has 0 saturated carbocycles. The van der Waals surface area contributed by atoms with E-state index in [-0.39, 0.29) is 24.3 Å². The lowest BCUT2D eigenvalue weighted by Crippen LogP contribution is -2.56. The maximum Gasteiger partial charge on any atom is 0.250 e. The number of hydrogen-bond donors (Lipinski definition) is 3. The number of likely N-dealkylation sites (tertiary alicyclic amines) is 1. The van der Waals surface area contributed by atoms with Crippen molar-refractivity contribution in [2.75, 3.05) is 35.2 Å². The number of amides is 3. The molecule has 3 amide bonds. The Kier molecular flexibility index (Phi) is 7.63. The third-order valence-corrected chi connectivity index (χ3v) is 9.13. The number of nitrogens with one attached hydrogen (secondary N) is 2. The molecule has 3 aliphatic rings. The molecule has 2 unspecified atom stereocenters. The van der Waals surface area contributed by atoms with Gasteiger partial charge >= 0.3 is 0 Å². The summed E-state index contributed by atoms with van der Waals surface area (Å²) in [6.07, 6.45) is 1.49. The summed E-state index contributed by atoms with van der Waals surface area (Å²) < 4.78 is 6.66. The van der Waals surface area contributed by atoms with E-state index in [1.54, 1.807) is 12.1 Å². The molecule has 2 aromatic rings. The monoisotopic (exact) mass is 548 g/mol. The summed E-state index contributed by atoms with van der Waals surface area (Å²) >= 11 is 0. The molecule has 3 heterocycles. The minimum atomic E-state index is -1.15. The Morgan fingerprint density at radius 2 is 1.62 bits per heavy atom. The topological polar surface area (TPSA) is 111 Å². The van der Waals surface area contributed by atoms with E-state index in [2.05, 4.69) is 29.4 Å². The van der Waals surface area contributed by atoms with Gasteiger partial charge in [-0.1, -0.05) is 25.1 Å². The standard InChI is InChI=1S/C31H40N4O5/c1-5-22(19-36)35-26(28(38)33-21-13-15-23(16-14-21)34(6-2)7-3)31-18-17-30(4,40-31)24(25(31)29(35)39)27(37)32-20-11-9-8-10-12-20/h8-16,22,24-26,36H,5-7,17-19H2,1-4H3,(H,32,37)(H,33,38)/t22-,24-,25-,26?,30+,31?/m0/s1. The molecule has 0 aromatic heterocycles. The van der Waals surface area contributed by atoms with Crippen LogP contribution in [0.2, 0.25) is 0 Å². The SMILES string of the molecule is CC[C@@H](CO)N1C(=O)[C@@H]2[C@@H](C(=O)Nc3ccccc3)[C@@]3(C)CCC2(O3)C1C(=O)Nc1ccc(N(CC)CC)cc1. The van der Waals surface area contributed by atoms with Crippen LogP contribution in [0.5, 0.6) is 0 Å². The number of carbonyl (C=O) groups is 3. The molecule has 2 aromatic carbocycles. The maximum atomic E-state index is 14.2. The second-order valence-electron chi connectivity index (χ2n) is 11.3. The molecule has 0 radical (unpaired) electrons. The van der Waals surface area contributed by atoms with Crippen molar-refractivity contribution in [1.29, 1.82) is 0 Å². The highest BCUT2D eigenvalue weighted by molar-refractivity contribution is 6.05. The molecule has 9 nitrogen and oxygen atoms in total. The molecule has 40 heavy (non-hydrogen) atoms. The van der Waals surface area contributed by atoms with Crippen LogP contribution in [0, 0.1) is 11.8 Å². The lowest BCUT2D eigenvalue weighted by Gasteiger charge is -2.36. The molecule has 1 spiro atoms. The van der Waals surface area contributed by atoms with Crippen molar-refractivity contribution in [2.24, 2.45) is 11.8 Å². The first-order valence-corrected chi connectivity index (χ1v) is 14.4. The zero-order valence-corrected chi connectivity index (χ0v) is 23.7. The number of ether oxygens (including phenoxy) is 1. The highest BCUT2D eigenvalue weighted by Gasteiger charge is 2.78. The molecular formula is C31H40N4O5. The van der Waals surface area contributed by atoms with E-state index in [0.717, 1.165) is 18.8 Å². The number of fused-ring (bicyclic) bond motifs is 1. The van der Waals surface area contributed by atoms with Crippen molar-refractivity contribution in [3.63, 3.8) is 0 Å². The van der Waals surface area contributed by atoms with Gasteiger partial charge in [-0.3, -0.25) is 14.4 Å². The Labute approximate surface area is 235 Å². The fourth-order valence-corrected chi connectivity index (χ4v) is 7.17. The number of para-hydroxylation sites is 1. The molecule has 3 aliphatic heterocycles. The summed E-state index contributed by atoms with van der Waals surface area (Å²) in [7, 11) is 0. The molecule has 6 atom stereocenters. The fourth-order valence-electron chi connectivity index (χ4n) is 7.17. The number of carbonyl (C=O) groups excluding carboxylic acids is 3.